The first kappa shape index (κ1) is 29.5. The molecule has 1 saturated heterocycles. The SMILES string of the molecule is COCCOCOc1ccc(Cl)cc1C(=O)Nc1ccc(OC2CCCN(C(=O)OC(C)(C)C)C2)c(F)c1. The minimum absolute atomic E-state index is 0.0269. The Balaban J connectivity index is 1.61. The number of likely N-dealkylation sites (tertiary alicyclic amines) is 1. The Morgan fingerprint density at radius 1 is 1.13 bits per heavy atom. The predicted octanol–water partition coefficient (Wildman–Crippen LogP) is 5.51. The second-order valence-corrected chi connectivity index (χ2v) is 10.1. The number of carbonyl (C=O) groups is 2. The zero-order valence-corrected chi connectivity index (χ0v) is 22.8. The zero-order chi connectivity index (χ0) is 27.7. The first-order valence-electron chi connectivity index (χ1n) is 12.3. The number of carbonyl (C=O) groups excluding carboxylic acids is 2. The van der Waals surface area contributed by atoms with Crippen LogP contribution in [0.25, 0.3) is 0 Å². The van der Waals surface area contributed by atoms with Crippen molar-refractivity contribution in [3.8, 4) is 11.5 Å². The predicted molar refractivity (Wildman–Crippen MR) is 141 cm³/mol. The van der Waals surface area contributed by atoms with Crippen molar-refractivity contribution in [2.75, 3.05) is 45.5 Å². The van der Waals surface area contributed by atoms with E-state index in [0.29, 0.717) is 44.2 Å². The number of hydrogen-bond donors (Lipinski definition) is 1. The molecule has 2 aromatic rings. The summed E-state index contributed by atoms with van der Waals surface area (Å²) in [6, 6.07) is 8.73. The summed E-state index contributed by atoms with van der Waals surface area (Å²) in [6.07, 6.45) is 0.573. The monoisotopic (exact) mass is 552 g/mol. The second-order valence-electron chi connectivity index (χ2n) is 9.71. The number of nitrogens with zero attached hydrogens (tertiary/aromatic N) is 1. The Morgan fingerprint density at radius 2 is 1.89 bits per heavy atom. The molecule has 2 aromatic carbocycles. The topological polar surface area (TPSA) is 95.6 Å². The molecule has 0 radical (unpaired) electrons. The molecular weight excluding hydrogens is 519 g/mol. The van der Waals surface area contributed by atoms with Crippen molar-refractivity contribution >= 4 is 29.3 Å². The van der Waals surface area contributed by atoms with E-state index < -0.39 is 23.4 Å². The summed E-state index contributed by atoms with van der Waals surface area (Å²) in [7, 11) is 1.56. The van der Waals surface area contributed by atoms with Crippen LogP contribution >= 0.6 is 11.6 Å². The molecule has 0 aromatic heterocycles. The van der Waals surface area contributed by atoms with Crippen molar-refractivity contribution in [1.29, 1.82) is 0 Å². The van der Waals surface area contributed by atoms with E-state index in [4.69, 9.17) is 35.3 Å². The summed E-state index contributed by atoms with van der Waals surface area (Å²) in [5.74, 6) is -0.894. The van der Waals surface area contributed by atoms with E-state index in [1.165, 1.54) is 24.3 Å². The molecule has 0 saturated carbocycles. The molecule has 1 heterocycles. The van der Waals surface area contributed by atoms with Crippen LogP contribution in [0.15, 0.2) is 36.4 Å². The molecule has 0 bridgehead atoms. The van der Waals surface area contributed by atoms with E-state index >= 15 is 0 Å². The lowest BCUT2D eigenvalue weighted by Crippen LogP contribution is -2.46. The van der Waals surface area contributed by atoms with Gasteiger partial charge in [0, 0.05) is 30.4 Å². The first-order valence-corrected chi connectivity index (χ1v) is 12.7. The molecule has 3 rings (SSSR count). The van der Waals surface area contributed by atoms with Gasteiger partial charge in [0.1, 0.15) is 17.5 Å². The van der Waals surface area contributed by atoms with Crippen LogP contribution in [0.1, 0.15) is 44.0 Å². The summed E-state index contributed by atoms with van der Waals surface area (Å²) in [4.78, 5) is 26.9. The fourth-order valence-corrected chi connectivity index (χ4v) is 3.86. The standard InChI is InChI=1S/C27H34ClFN2O7/c1-27(2,3)38-26(33)31-11-5-6-20(16-31)37-24-10-8-19(15-22(24)29)30-25(32)21-14-18(28)7-9-23(21)36-17-35-13-12-34-4/h7-10,14-15,20H,5-6,11-13,16-17H2,1-4H3,(H,30,32). The van der Waals surface area contributed by atoms with E-state index in [0.717, 1.165) is 0 Å². The summed E-state index contributed by atoms with van der Waals surface area (Å²) >= 11 is 6.07. The number of piperidine rings is 1. The Kier molecular flexibility index (Phi) is 10.6. The highest BCUT2D eigenvalue weighted by Crippen LogP contribution is 2.28. The zero-order valence-electron chi connectivity index (χ0n) is 22.1. The highest BCUT2D eigenvalue weighted by Gasteiger charge is 2.29. The van der Waals surface area contributed by atoms with Gasteiger partial charge in [0.05, 0.1) is 25.3 Å². The molecule has 1 N–H and O–H groups in total. The fraction of sp³-hybridized carbons (Fsp3) is 0.481. The normalized spacial score (nSPS) is 15.6. The van der Waals surface area contributed by atoms with E-state index in [1.807, 2.05) is 0 Å². The number of halogens is 2. The van der Waals surface area contributed by atoms with Crippen LogP contribution in [-0.4, -0.2) is 68.8 Å². The average Bonchev–Trinajstić information content (AvgIpc) is 2.85. The molecule has 2 amide bonds. The van der Waals surface area contributed by atoms with Crippen LogP contribution in [0, 0.1) is 5.82 Å². The molecule has 11 heteroatoms. The van der Waals surface area contributed by atoms with Crippen LogP contribution < -0.4 is 14.8 Å². The van der Waals surface area contributed by atoms with E-state index in [9.17, 15) is 14.0 Å². The van der Waals surface area contributed by atoms with Gasteiger partial charge in [-0.2, -0.15) is 0 Å². The molecule has 38 heavy (non-hydrogen) atoms. The van der Waals surface area contributed by atoms with Crippen LogP contribution in [-0.2, 0) is 14.2 Å². The number of benzene rings is 2. The van der Waals surface area contributed by atoms with Gasteiger partial charge in [-0.25, -0.2) is 9.18 Å². The highest BCUT2D eigenvalue weighted by molar-refractivity contribution is 6.31. The molecule has 208 valence electrons. The van der Waals surface area contributed by atoms with Crippen LogP contribution in [0.2, 0.25) is 5.02 Å². The molecule has 1 fully saturated rings. The maximum Gasteiger partial charge on any atom is 0.410 e. The van der Waals surface area contributed by atoms with Crippen LogP contribution in [0.3, 0.4) is 0 Å². The molecular formula is C27H34ClFN2O7. The Morgan fingerprint density at radius 3 is 2.61 bits per heavy atom. The fourth-order valence-electron chi connectivity index (χ4n) is 3.69. The first-order chi connectivity index (χ1) is 18.1. The minimum atomic E-state index is -0.647. The van der Waals surface area contributed by atoms with Crippen molar-refractivity contribution in [1.82, 2.24) is 4.90 Å². The number of anilines is 1. The van der Waals surface area contributed by atoms with E-state index in [1.54, 1.807) is 44.9 Å². The minimum Gasteiger partial charge on any atom is -0.486 e. The van der Waals surface area contributed by atoms with Gasteiger partial charge in [0.25, 0.3) is 5.91 Å². The number of rotatable bonds is 10. The van der Waals surface area contributed by atoms with Crippen molar-refractivity contribution < 1.29 is 37.7 Å². The molecule has 0 spiro atoms. The highest BCUT2D eigenvalue weighted by atomic mass is 35.5. The van der Waals surface area contributed by atoms with Crippen molar-refractivity contribution in [3.63, 3.8) is 0 Å². The Hall–Kier alpha value is -3.08. The lowest BCUT2D eigenvalue weighted by atomic mass is 10.1. The Bertz CT molecular complexity index is 1110. The second kappa shape index (κ2) is 13.6. The third kappa shape index (κ3) is 9.04. The smallest absolute Gasteiger partial charge is 0.410 e. The van der Waals surface area contributed by atoms with Gasteiger partial charge in [-0.1, -0.05) is 11.6 Å². The van der Waals surface area contributed by atoms with Crippen LogP contribution in [0.5, 0.6) is 11.5 Å². The van der Waals surface area contributed by atoms with Gasteiger partial charge in [-0.05, 0) is 63.9 Å². The lowest BCUT2D eigenvalue weighted by molar-refractivity contribution is -0.00872. The van der Waals surface area contributed by atoms with Gasteiger partial charge in [-0.15, -0.1) is 0 Å². The molecule has 0 aliphatic carbocycles. The molecule has 1 aliphatic heterocycles. The summed E-state index contributed by atoms with van der Waals surface area (Å²) in [6.45, 7) is 6.91. The van der Waals surface area contributed by atoms with Crippen molar-refractivity contribution in [2.24, 2.45) is 0 Å². The summed E-state index contributed by atoms with van der Waals surface area (Å²) < 4.78 is 41.9. The molecule has 1 atom stereocenters. The van der Waals surface area contributed by atoms with Gasteiger partial charge in [0.2, 0.25) is 0 Å². The van der Waals surface area contributed by atoms with Gasteiger partial charge in [-0.3, -0.25) is 4.79 Å². The van der Waals surface area contributed by atoms with Gasteiger partial charge in [0.15, 0.2) is 18.4 Å². The lowest BCUT2D eigenvalue weighted by Gasteiger charge is -2.34. The number of hydrogen-bond acceptors (Lipinski definition) is 7. The quantitative estimate of drug-likeness (QED) is 0.307. The maximum absolute atomic E-state index is 14.9. The van der Waals surface area contributed by atoms with Crippen molar-refractivity contribution in [3.05, 3.63) is 52.8 Å². The number of amides is 2. The van der Waals surface area contributed by atoms with Crippen LogP contribution in [0.4, 0.5) is 14.9 Å². The third-order valence-electron chi connectivity index (χ3n) is 5.43. The van der Waals surface area contributed by atoms with Crippen molar-refractivity contribution in [2.45, 2.75) is 45.3 Å². The maximum atomic E-state index is 14.9. The van der Waals surface area contributed by atoms with Gasteiger partial charge < -0.3 is 33.9 Å². The number of nitrogens with one attached hydrogen (secondary N) is 1. The molecule has 1 unspecified atom stereocenters. The van der Waals surface area contributed by atoms with E-state index in [-0.39, 0.29) is 35.6 Å². The number of methoxy groups -OCH3 is 1. The molecule has 1 aliphatic rings. The van der Waals surface area contributed by atoms with Gasteiger partial charge >= 0.3 is 6.09 Å². The third-order valence-corrected chi connectivity index (χ3v) is 5.66. The van der Waals surface area contributed by atoms with E-state index in [2.05, 4.69) is 5.32 Å². The summed E-state index contributed by atoms with van der Waals surface area (Å²) in [5.41, 5.74) is -0.216. The number of ether oxygens (including phenoxy) is 5. The Labute approximate surface area is 227 Å². The summed E-state index contributed by atoms with van der Waals surface area (Å²) in [5, 5.41) is 2.99. The largest absolute Gasteiger partial charge is 0.486 e. The molecule has 9 nitrogen and oxygen atoms in total. The average molecular weight is 553 g/mol.